The second-order valence-electron chi connectivity index (χ2n) is 5.46. The first-order valence-electron chi connectivity index (χ1n) is 7.24. The lowest BCUT2D eigenvalue weighted by molar-refractivity contribution is -0.143. The van der Waals surface area contributed by atoms with Gasteiger partial charge in [0.2, 0.25) is 0 Å². The van der Waals surface area contributed by atoms with Crippen LogP contribution in [0.25, 0.3) is 10.9 Å². The fraction of sp³-hybridized carbons (Fsp3) is 0.235. The summed E-state index contributed by atoms with van der Waals surface area (Å²) < 4.78 is 4.95. The third-order valence-electron chi connectivity index (χ3n) is 4.22. The summed E-state index contributed by atoms with van der Waals surface area (Å²) in [6, 6.07) is 12.1. The number of rotatable bonds is 2. The van der Waals surface area contributed by atoms with E-state index in [1.165, 1.54) is 22.9 Å². The predicted octanol–water partition coefficient (Wildman–Crippen LogP) is 3.01. The molecule has 0 spiro atoms. The number of ether oxygens (including phenoxy) is 1. The van der Waals surface area contributed by atoms with Crippen molar-refractivity contribution in [2.45, 2.75) is 18.5 Å². The zero-order valence-electron chi connectivity index (χ0n) is 12.1. The van der Waals surface area contributed by atoms with Crippen LogP contribution in [0.1, 0.15) is 22.2 Å². The van der Waals surface area contributed by atoms with E-state index in [0.717, 1.165) is 11.2 Å². The van der Waals surface area contributed by atoms with Gasteiger partial charge in [0.25, 0.3) is 0 Å². The normalized spacial score (nSPS) is 20.8. The van der Waals surface area contributed by atoms with Crippen LogP contribution in [-0.2, 0) is 16.0 Å². The summed E-state index contributed by atoms with van der Waals surface area (Å²) in [4.78, 5) is 16.8. The van der Waals surface area contributed by atoms with Gasteiger partial charge >= 0.3 is 5.97 Å². The molecule has 0 amide bonds. The Hall–Kier alpha value is -2.11. The highest BCUT2D eigenvalue weighted by Crippen LogP contribution is 2.36. The molecule has 0 fully saturated rings. The highest BCUT2D eigenvalue weighted by molar-refractivity contribution is 7.10. The summed E-state index contributed by atoms with van der Waals surface area (Å²) in [5, 5.41) is 6.67. The van der Waals surface area contributed by atoms with Gasteiger partial charge in [-0.15, -0.1) is 11.3 Å². The van der Waals surface area contributed by atoms with E-state index in [-0.39, 0.29) is 18.1 Å². The summed E-state index contributed by atoms with van der Waals surface area (Å²) in [7, 11) is 1.44. The Morgan fingerprint density at radius 3 is 2.91 bits per heavy atom. The van der Waals surface area contributed by atoms with E-state index in [4.69, 9.17) is 4.74 Å². The molecule has 3 aromatic rings. The molecule has 2 N–H and O–H groups in total. The zero-order valence-corrected chi connectivity index (χ0v) is 12.9. The molecule has 5 heteroatoms. The Labute approximate surface area is 132 Å². The maximum atomic E-state index is 12.1. The third kappa shape index (κ3) is 2.05. The van der Waals surface area contributed by atoms with E-state index in [2.05, 4.69) is 33.9 Å². The first-order valence-corrected chi connectivity index (χ1v) is 8.12. The minimum Gasteiger partial charge on any atom is -0.468 e. The summed E-state index contributed by atoms with van der Waals surface area (Å²) in [5.41, 5.74) is 3.48. The Balaban J connectivity index is 1.88. The molecule has 2 atom stereocenters. The quantitative estimate of drug-likeness (QED) is 0.715. The first-order chi connectivity index (χ1) is 10.8. The van der Waals surface area contributed by atoms with Crippen molar-refractivity contribution >= 4 is 28.2 Å². The number of benzene rings is 1. The average Bonchev–Trinajstić information content (AvgIpc) is 3.20. The van der Waals surface area contributed by atoms with Crippen molar-refractivity contribution in [3.05, 3.63) is 57.9 Å². The van der Waals surface area contributed by atoms with Gasteiger partial charge in [-0.25, -0.2) is 0 Å². The SMILES string of the molecule is COC(=O)[C@@H]1Cc2c([nH]c3ccccc23)[C@H](c2cccs2)N1. The molecule has 1 aliphatic rings. The van der Waals surface area contributed by atoms with Gasteiger partial charge in [0, 0.05) is 27.9 Å². The van der Waals surface area contributed by atoms with Crippen LogP contribution in [0.3, 0.4) is 0 Å². The minimum absolute atomic E-state index is 0.000231. The van der Waals surface area contributed by atoms with E-state index < -0.39 is 0 Å². The lowest BCUT2D eigenvalue weighted by atomic mass is 9.93. The van der Waals surface area contributed by atoms with Crippen molar-refractivity contribution in [3.8, 4) is 0 Å². The molecular formula is C17H16N2O2S. The number of aromatic amines is 1. The van der Waals surface area contributed by atoms with Gasteiger partial charge < -0.3 is 9.72 Å². The molecule has 1 aromatic carbocycles. The second kappa shape index (κ2) is 5.26. The smallest absolute Gasteiger partial charge is 0.323 e. The number of thiophene rings is 1. The lowest BCUT2D eigenvalue weighted by Gasteiger charge is -2.29. The third-order valence-corrected chi connectivity index (χ3v) is 5.16. The molecule has 4 rings (SSSR count). The number of aromatic nitrogens is 1. The Bertz CT molecular complexity index is 822. The summed E-state index contributed by atoms with van der Waals surface area (Å²) >= 11 is 1.69. The van der Waals surface area contributed by atoms with Gasteiger partial charge in [-0.3, -0.25) is 10.1 Å². The highest BCUT2D eigenvalue weighted by Gasteiger charge is 2.34. The fourth-order valence-electron chi connectivity index (χ4n) is 3.21. The Morgan fingerprint density at radius 2 is 2.14 bits per heavy atom. The maximum absolute atomic E-state index is 12.1. The molecule has 1 aliphatic heterocycles. The molecule has 0 saturated carbocycles. The Kier molecular flexibility index (Phi) is 3.24. The number of carbonyl (C=O) groups excluding carboxylic acids is 1. The maximum Gasteiger partial charge on any atom is 0.323 e. The molecule has 4 nitrogen and oxygen atoms in total. The van der Waals surface area contributed by atoms with Gasteiger partial charge in [-0.1, -0.05) is 24.3 Å². The fourth-order valence-corrected chi connectivity index (χ4v) is 4.00. The molecule has 22 heavy (non-hydrogen) atoms. The molecule has 0 bridgehead atoms. The van der Waals surface area contributed by atoms with Gasteiger partial charge in [-0.05, 0) is 23.1 Å². The van der Waals surface area contributed by atoms with Gasteiger partial charge in [0.05, 0.1) is 13.2 Å². The van der Waals surface area contributed by atoms with E-state index in [0.29, 0.717) is 6.42 Å². The largest absolute Gasteiger partial charge is 0.468 e. The predicted molar refractivity (Wildman–Crippen MR) is 87.1 cm³/mol. The number of carbonyl (C=O) groups is 1. The minimum atomic E-state index is -0.316. The number of fused-ring (bicyclic) bond motifs is 3. The van der Waals surface area contributed by atoms with Crippen LogP contribution < -0.4 is 5.32 Å². The van der Waals surface area contributed by atoms with Gasteiger partial charge in [0.1, 0.15) is 6.04 Å². The van der Waals surface area contributed by atoms with E-state index >= 15 is 0 Å². The van der Waals surface area contributed by atoms with E-state index in [9.17, 15) is 4.79 Å². The van der Waals surface area contributed by atoms with Crippen LogP contribution in [0.5, 0.6) is 0 Å². The number of methoxy groups -OCH3 is 1. The van der Waals surface area contributed by atoms with Crippen LogP contribution in [0.15, 0.2) is 41.8 Å². The monoisotopic (exact) mass is 312 g/mol. The van der Waals surface area contributed by atoms with Crippen LogP contribution in [-0.4, -0.2) is 24.1 Å². The average molecular weight is 312 g/mol. The van der Waals surface area contributed by atoms with E-state index in [1.54, 1.807) is 11.3 Å². The number of hydrogen-bond acceptors (Lipinski definition) is 4. The second-order valence-corrected chi connectivity index (χ2v) is 6.44. The van der Waals surface area contributed by atoms with Crippen molar-refractivity contribution in [2.75, 3.05) is 7.11 Å². The number of hydrogen-bond donors (Lipinski definition) is 2. The lowest BCUT2D eigenvalue weighted by Crippen LogP contribution is -2.45. The molecule has 0 saturated heterocycles. The summed E-state index contributed by atoms with van der Waals surface area (Å²) in [5.74, 6) is -0.211. The summed E-state index contributed by atoms with van der Waals surface area (Å²) in [6.45, 7) is 0. The van der Waals surface area contributed by atoms with Gasteiger partial charge in [-0.2, -0.15) is 0 Å². The van der Waals surface area contributed by atoms with Crippen molar-refractivity contribution < 1.29 is 9.53 Å². The van der Waals surface area contributed by atoms with Crippen molar-refractivity contribution in [1.82, 2.24) is 10.3 Å². The first kappa shape index (κ1) is 13.5. The van der Waals surface area contributed by atoms with Crippen molar-refractivity contribution in [2.24, 2.45) is 0 Å². The topological polar surface area (TPSA) is 54.1 Å². The molecular weight excluding hydrogens is 296 g/mol. The van der Waals surface area contributed by atoms with Crippen molar-refractivity contribution in [3.63, 3.8) is 0 Å². The Morgan fingerprint density at radius 1 is 1.27 bits per heavy atom. The van der Waals surface area contributed by atoms with Crippen LogP contribution in [0.2, 0.25) is 0 Å². The number of H-pyrrole nitrogens is 1. The highest BCUT2D eigenvalue weighted by atomic mass is 32.1. The molecule has 2 aromatic heterocycles. The number of nitrogens with one attached hydrogen (secondary N) is 2. The molecule has 0 aliphatic carbocycles. The van der Waals surface area contributed by atoms with Crippen LogP contribution in [0, 0.1) is 0 Å². The standard InChI is InChI=1S/C17H16N2O2S/c1-21-17(20)13-9-11-10-5-2-3-6-12(10)18-15(11)16(19-13)14-7-4-8-22-14/h2-8,13,16,18-19H,9H2,1H3/t13-,16-/m0/s1. The number of para-hydroxylation sites is 1. The van der Waals surface area contributed by atoms with Gasteiger partial charge in [0.15, 0.2) is 0 Å². The number of esters is 1. The molecule has 3 heterocycles. The summed E-state index contributed by atoms with van der Waals surface area (Å²) in [6.07, 6.45) is 0.647. The molecule has 0 unspecified atom stereocenters. The zero-order chi connectivity index (χ0) is 15.1. The van der Waals surface area contributed by atoms with Crippen LogP contribution >= 0.6 is 11.3 Å². The molecule has 112 valence electrons. The van der Waals surface area contributed by atoms with E-state index in [1.807, 2.05) is 18.2 Å². The van der Waals surface area contributed by atoms with Crippen LogP contribution in [0.4, 0.5) is 0 Å². The van der Waals surface area contributed by atoms with Crippen molar-refractivity contribution in [1.29, 1.82) is 0 Å². The molecule has 0 radical (unpaired) electrons.